The molecule has 1 aromatic carbocycles. The van der Waals surface area contributed by atoms with Gasteiger partial charge in [-0.3, -0.25) is 9.89 Å². The maximum atomic E-state index is 5.10. The highest BCUT2D eigenvalue weighted by Gasteiger charge is 2.23. The average Bonchev–Trinajstić information content (AvgIpc) is 3.20. The van der Waals surface area contributed by atoms with Gasteiger partial charge in [0.2, 0.25) is 0 Å². The molecular formula is C21H37IN4O. The number of halogens is 1. The van der Waals surface area contributed by atoms with Crippen molar-refractivity contribution in [2.45, 2.75) is 45.1 Å². The summed E-state index contributed by atoms with van der Waals surface area (Å²) >= 11 is 0. The minimum Gasteiger partial charge on any atom is -0.385 e. The summed E-state index contributed by atoms with van der Waals surface area (Å²) in [7, 11) is 1.76. The van der Waals surface area contributed by atoms with Crippen LogP contribution in [0, 0.1) is 0 Å². The second kappa shape index (κ2) is 15.1. The predicted molar refractivity (Wildman–Crippen MR) is 125 cm³/mol. The molecule has 0 spiro atoms. The van der Waals surface area contributed by atoms with Crippen LogP contribution in [0.2, 0.25) is 0 Å². The van der Waals surface area contributed by atoms with Crippen molar-refractivity contribution in [3.63, 3.8) is 0 Å². The number of nitrogens with zero attached hydrogens (tertiary/aromatic N) is 2. The van der Waals surface area contributed by atoms with Crippen molar-refractivity contribution in [3.8, 4) is 0 Å². The molecule has 0 bridgehead atoms. The fraction of sp³-hybridized carbons (Fsp3) is 0.667. The van der Waals surface area contributed by atoms with Gasteiger partial charge < -0.3 is 15.4 Å². The van der Waals surface area contributed by atoms with Crippen molar-refractivity contribution in [1.82, 2.24) is 15.5 Å². The lowest BCUT2D eigenvalue weighted by atomic mass is 10.1. The number of likely N-dealkylation sites (tertiary alicyclic amines) is 1. The van der Waals surface area contributed by atoms with Crippen molar-refractivity contribution in [1.29, 1.82) is 0 Å². The number of methoxy groups -OCH3 is 1. The first-order valence-corrected chi connectivity index (χ1v) is 10.1. The van der Waals surface area contributed by atoms with Crippen LogP contribution in [0.15, 0.2) is 35.3 Å². The molecule has 1 saturated heterocycles. The van der Waals surface area contributed by atoms with E-state index in [1.807, 2.05) is 0 Å². The van der Waals surface area contributed by atoms with Crippen LogP contribution in [0.5, 0.6) is 0 Å². The molecule has 5 nitrogen and oxygen atoms in total. The molecule has 0 saturated carbocycles. The number of ether oxygens (including phenoxy) is 1. The number of unbranched alkanes of at least 4 members (excludes halogenated alkanes) is 2. The minimum absolute atomic E-state index is 0. The van der Waals surface area contributed by atoms with Crippen LogP contribution in [0.3, 0.4) is 0 Å². The van der Waals surface area contributed by atoms with E-state index in [1.54, 1.807) is 7.11 Å². The Morgan fingerprint density at radius 3 is 2.52 bits per heavy atom. The standard InChI is InChI=1S/C21H36N4O.HI/c1-3-22-21(23-14-8-5-11-17-26-2)24-18-20(25-15-9-10-16-25)19-12-6-4-7-13-19;/h4,6-7,12-13,20H,3,5,8-11,14-18H2,1-2H3,(H2,22,23,24);1H. The van der Waals surface area contributed by atoms with Gasteiger partial charge in [0, 0.05) is 26.8 Å². The molecule has 27 heavy (non-hydrogen) atoms. The molecule has 1 heterocycles. The molecule has 0 radical (unpaired) electrons. The first-order chi connectivity index (χ1) is 12.8. The molecule has 0 amide bonds. The largest absolute Gasteiger partial charge is 0.385 e. The van der Waals surface area contributed by atoms with Crippen LogP contribution < -0.4 is 10.6 Å². The van der Waals surface area contributed by atoms with E-state index in [2.05, 4.69) is 52.8 Å². The molecule has 0 aromatic heterocycles. The Bertz CT molecular complexity index is 506. The Kier molecular flexibility index (Phi) is 13.5. The quantitative estimate of drug-likeness (QED) is 0.215. The summed E-state index contributed by atoms with van der Waals surface area (Å²) in [5, 5.41) is 6.85. The molecule has 6 heteroatoms. The molecule has 1 fully saturated rings. The van der Waals surface area contributed by atoms with E-state index >= 15 is 0 Å². The second-order valence-corrected chi connectivity index (χ2v) is 6.87. The summed E-state index contributed by atoms with van der Waals surface area (Å²) in [6, 6.07) is 11.2. The molecule has 2 N–H and O–H groups in total. The fourth-order valence-corrected chi connectivity index (χ4v) is 3.43. The zero-order valence-electron chi connectivity index (χ0n) is 17.0. The van der Waals surface area contributed by atoms with Crippen LogP contribution in [-0.2, 0) is 4.74 Å². The molecule has 2 rings (SSSR count). The highest BCUT2D eigenvalue weighted by molar-refractivity contribution is 14.0. The Hall–Kier alpha value is -0.860. The fourth-order valence-electron chi connectivity index (χ4n) is 3.43. The number of hydrogen-bond acceptors (Lipinski definition) is 3. The summed E-state index contributed by atoms with van der Waals surface area (Å²) in [6.45, 7) is 7.96. The molecule has 1 aromatic rings. The summed E-state index contributed by atoms with van der Waals surface area (Å²) in [5.74, 6) is 0.930. The SMILES string of the molecule is CCNC(=NCC(c1ccccc1)N1CCCC1)NCCCCCOC.I. The van der Waals surface area contributed by atoms with Gasteiger partial charge in [0.25, 0.3) is 0 Å². The smallest absolute Gasteiger partial charge is 0.191 e. The van der Waals surface area contributed by atoms with Crippen LogP contribution in [0.25, 0.3) is 0 Å². The van der Waals surface area contributed by atoms with Crippen LogP contribution in [0.1, 0.15) is 50.6 Å². The second-order valence-electron chi connectivity index (χ2n) is 6.87. The van der Waals surface area contributed by atoms with E-state index in [4.69, 9.17) is 9.73 Å². The van der Waals surface area contributed by atoms with Gasteiger partial charge >= 0.3 is 0 Å². The lowest BCUT2D eigenvalue weighted by Gasteiger charge is -2.27. The summed E-state index contributed by atoms with van der Waals surface area (Å²) < 4.78 is 5.10. The van der Waals surface area contributed by atoms with E-state index in [9.17, 15) is 0 Å². The Balaban J connectivity index is 0.00000364. The minimum atomic E-state index is 0. The maximum Gasteiger partial charge on any atom is 0.191 e. The topological polar surface area (TPSA) is 48.9 Å². The zero-order valence-corrected chi connectivity index (χ0v) is 19.3. The van der Waals surface area contributed by atoms with Gasteiger partial charge in [-0.25, -0.2) is 0 Å². The van der Waals surface area contributed by atoms with Crippen molar-refractivity contribution < 1.29 is 4.74 Å². The third kappa shape index (κ3) is 9.25. The van der Waals surface area contributed by atoms with Crippen molar-refractivity contribution in [3.05, 3.63) is 35.9 Å². The normalized spacial score (nSPS) is 16.0. The third-order valence-corrected chi connectivity index (χ3v) is 4.85. The van der Waals surface area contributed by atoms with Crippen LogP contribution >= 0.6 is 24.0 Å². The lowest BCUT2D eigenvalue weighted by Crippen LogP contribution is -2.38. The molecule has 1 unspecified atom stereocenters. The highest BCUT2D eigenvalue weighted by atomic mass is 127. The number of hydrogen-bond donors (Lipinski definition) is 2. The number of nitrogens with one attached hydrogen (secondary N) is 2. The van der Waals surface area contributed by atoms with Gasteiger partial charge in [-0.1, -0.05) is 30.3 Å². The van der Waals surface area contributed by atoms with Crippen molar-refractivity contribution >= 4 is 29.9 Å². The molecule has 0 aliphatic carbocycles. The van der Waals surface area contributed by atoms with Crippen molar-refractivity contribution in [2.24, 2.45) is 4.99 Å². The van der Waals surface area contributed by atoms with Gasteiger partial charge in [0.05, 0.1) is 12.6 Å². The summed E-state index contributed by atoms with van der Waals surface area (Å²) in [4.78, 5) is 7.47. The monoisotopic (exact) mass is 488 g/mol. The Morgan fingerprint density at radius 1 is 1.11 bits per heavy atom. The average molecular weight is 488 g/mol. The zero-order chi connectivity index (χ0) is 18.5. The molecule has 154 valence electrons. The van der Waals surface area contributed by atoms with E-state index in [-0.39, 0.29) is 24.0 Å². The number of aliphatic imine (C=N–C) groups is 1. The van der Waals surface area contributed by atoms with Gasteiger partial charge in [-0.15, -0.1) is 24.0 Å². The Morgan fingerprint density at radius 2 is 1.85 bits per heavy atom. The molecule has 1 aliphatic heterocycles. The van der Waals surface area contributed by atoms with Gasteiger partial charge in [-0.2, -0.15) is 0 Å². The highest BCUT2D eigenvalue weighted by Crippen LogP contribution is 2.25. The molecular weight excluding hydrogens is 451 g/mol. The van der Waals surface area contributed by atoms with E-state index < -0.39 is 0 Å². The molecule has 1 aliphatic rings. The Labute approximate surface area is 182 Å². The van der Waals surface area contributed by atoms with Crippen molar-refractivity contribution in [2.75, 3.05) is 46.4 Å². The predicted octanol–water partition coefficient (Wildman–Crippen LogP) is 3.81. The number of guanidine groups is 1. The number of rotatable bonds is 11. The van der Waals surface area contributed by atoms with E-state index in [0.29, 0.717) is 6.04 Å². The first-order valence-electron chi connectivity index (χ1n) is 10.1. The van der Waals surface area contributed by atoms with Crippen LogP contribution in [-0.4, -0.2) is 57.3 Å². The van der Waals surface area contributed by atoms with Gasteiger partial charge in [0.15, 0.2) is 5.96 Å². The number of benzene rings is 1. The first kappa shape index (κ1) is 24.2. The van der Waals surface area contributed by atoms with Gasteiger partial charge in [-0.05, 0) is 57.7 Å². The van der Waals surface area contributed by atoms with Gasteiger partial charge in [0.1, 0.15) is 0 Å². The van der Waals surface area contributed by atoms with E-state index in [0.717, 1.165) is 45.0 Å². The maximum absolute atomic E-state index is 5.10. The lowest BCUT2D eigenvalue weighted by molar-refractivity contribution is 0.192. The van der Waals surface area contributed by atoms with E-state index in [1.165, 1.54) is 37.9 Å². The molecule has 1 atom stereocenters. The van der Waals surface area contributed by atoms with Crippen LogP contribution in [0.4, 0.5) is 0 Å². The summed E-state index contributed by atoms with van der Waals surface area (Å²) in [5.41, 5.74) is 1.37. The third-order valence-electron chi connectivity index (χ3n) is 4.85. The summed E-state index contributed by atoms with van der Waals surface area (Å²) in [6.07, 6.45) is 6.04.